The average Bonchev–Trinajstić information content (AvgIpc) is 2.43. The summed E-state index contributed by atoms with van der Waals surface area (Å²) in [4.78, 5) is 25.1. The molecule has 6 heteroatoms. The Morgan fingerprint density at radius 3 is 2.50 bits per heavy atom. The van der Waals surface area contributed by atoms with Crippen LogP contribution in [0.2, 0.25) is 0 Å². The number of nitrogens with one attached hydrogen (secondary N) is 1. The molecule has 0 aromatic heterocycles. The van der Waals surface area contributed by atoms with Crippen molar-refractivity contribution in [2.24, 2.45) is 5.92 Å². The number of carbonyl (C=O) groups is 2. The number of amides is 1. The molecule has 1 rings (SSSR count). The largest absolute Gasteiger partial charge is 0.468 e. The van der Waals surface area contributed by atoms with E-state index >= 15 is 0 Å². The summed E-state index contributed by atoms with van der Waals surface area (Å²) in [6.07, 6.45) is 1.65. The van der Waals surface area contributed by atoms with E-state index in [-0.39, 0.29) is 18.4 Å². The van der Waals surface area contributed by atoms with Crippen LogP contribution in [0.3, 0.4) is 0 Å². The van der Waals surface area contributed by atoms with Gasteiger partial charge in [0.05, 0.1) is 13.7 Å². The fourth-order valence-corrected chi connectivity index (χ4v) is 2.02. The second-order valence-corrected chi connectivity index (χ2v) is 4.35. The Labute approximate surface area is 108 Å². The Kier molecular flexibility index (Phi) is 6.67. The standard InChI is InChI=1S/C12H22N2O4/c1-17-8-7-14(9-11(15)18-2)12(16)10-3-5-13-6-4-10/h10,13H,3-9H2,1-2H3. The third-order valence-corrected chi connectivity index (χ3v) is 3.11. The maximum Gasteiger partial charge on any atom is 0.325 e. The van der Waals surface area contributed by atoms with Crippen LogP contribution >= 0.6 is 0 Å². The lowest BCUT2D eigenvalue weighted by atomic mass is 9.96. The summed E-state index contributed by atoms with van der Waals surface area (Å²) in [7, 11) is 2.90. The van der Waals surface area contributed by atoms with Gasteiger partial charge in [-0.25, -0.2) is 0 Å². The number of nitrogens with zero attached hydrogens (tertiary/aromatic N) is 1. The first-order valence-electron chi connectivity index (χ1n) is 6.24. The van der Waals surface area contributed by atoms with Gasteiger partial charge in [-0.3, -0.25) is 9.59 Å². The van der Waals surface area contributed by atoms with Crippen molar-refractivity contribution in [1.29, 1.82) is 0 Å². The van der Waals surface area contributed by atoms with E-state index in [1.165, 1.54) is 12.0 Å². The lowest BCUT2D eigenvalue weighted by Gasteiger charge is -2.28. The third kappa shape index (κ3) is 4.62. The Balaban J connectivity index is 2.55. The molecule has 0 aliphatic carbocycles. The number of esters is 1. The van der Waals surface area contributed by atoms with Gasteiger partial charge in [0.2, 0.25) is 5.91 Å². The van der Waals surface area contributed by atoms with Crippen molar-refractivity contribution in [2.45, 2.75) is 12.8 Å². The number of ether oxygens (including phenoxy) is 2. The van der Waals surface area contributed by atoms with Crippen LogP contribution in [0.15, 0.2) is 0 Å². The third-order valence-electron chi connectivity index (χ3n) is 3.11. The first-order chi connectivity index (χ1) is 8.69. The summed E-state index contributed by atoms with van der Waals surface area (Å²) in [5, 5.41) is 3.22. The minimum Gasteiger partial charge on any atom is -0.468 e. The van der Waals surface area contributed by atoms with E-state index in [1.807, 2.05) is 0 Å². The molecule has 0 radical (unpaired) electrons. The molecule has 1 N–H and O–H groups in total. The second kappa shape index (κ2) is 8.05. The molecule has 1 fully saturated rings. The molecule has 0 atom stereocenters. The zero-order valence-electron chi connectivity index (χ0n) is 11.1. The highest BCUT2D eigenvalue weighted by Gasteiger charge is 2.27. The van der Waals surface area contributed by atoms with E-state index in [1.54, 1.807) is 7.11 Å². The van der Waals surface area contributed by atoms with Crippen molar-refractivity contribution in [3.63, 3.8) is 0 Å². The first kappa shape index (κ1) is 14.9. The van der Waals surface area contributed by atoms with Crippen LogP contribution in [0.1, 0.15) is 12.8 Å². The molecule has 104 valence electrons. The van der Waals surface area contributed by atoms with Crippen molar-refractivity contribution in [1.82, 2.24) is 10.2 Å². The molecule has 1 saturated heterocycles. The van der Waals surface area contributed by atoms with Gasteiger partial charge < -0.3 is 19.7 Å². The molecule has 0 bridgehead atoms. The van der Waals surface area contributed by atoms with Gasteiger partial charge in [-0.2, -0.15) is 0 Å². The number of methoxy groups -OCH3 is 2. The highest BCUT2D eigenvalue weighted by molar-refractivity contribution is 5.83. The van der Waals surface area contributed by atoms with E-state index in [9.17, 15) is 9.59 Å². The second-order valence-electron chi connectivity index (χ2n) is 4.35. The molecule has 0 spiro atoms. The van der Waals surface area contributed by atoms with Crippen molar-refractivity contribution < 1.29 is 19.1 Å². The minimum absolute atomic E-state index is 0.00260. The SMILES string of the molecule is COCCN(CC(=O)OC)C(=O)C1CCNCC1. The van der Waals surface area contributed by atoms with E-state index in [0.29, 0.717) is 13.2 Å². The maximum absolute atomic E-state index is 12.3. The zero-order chi connectivity index (χ0) is 13.4. The van der Waals surface area contributed by atoms with Crippen LogP contribution < -0.4 is 5.32 Å². The topological polar surface area (TPSA) is 67.9 Å². The Morgan fingerprint density at radius 1 is 1.28 bits per heavy atom. The predicted molar refractivity (Wildman–Crippen MR) is 66.1 cm³/mol. The van der Waals surface area contributed by atoms with Gasteiger partial charge in [-0.05, 0) is 25.9 Å². The number of rotatable bonds is 6. The van der Waals surface area contributed by atoms with Gasteiger partial charge in [0.25, 0.3) is 0 Å². The lowest BCUT2D eigenvalue weighted by Crippen LogP contribution is -2.44. The highest BCUT2D eigenvalue weighted by atomic mass is 16.5. The summed E-state index contributed by atoms with van der Waals surface area (Å²) < 4.78 is 9.58. The molecule has 1 heterocycles. The molecule has 0 saturated carbocycles. The van der Waals surface area contributed by atoms with Crippen molar-refractivity contribution in [3.05, 3.63) is 0 Å². The Morgan fingerprint density at radius 2 is 1.94 bits per heavy atom. The first-order valence-corrected chi connectivity index (χ1v) is 6.24. The summed E-state index contributed by atoms with van der Waals surface area (Å²) in [5.41, 5.74) is 0. The van der Waals surface area contributed by atoms with Gasteiger partial charge in [-0.15, -0.1) is 0 Å². The fourth-order valence-electron chi connectivity index (χ4n) is 2.02. The number of hydrogen-bond acceptors (Lipinski definition) is 5. The Bertz CT molecular complexity index is 277. The van der Waals surface area contributed by atoms with E-state index in [4.69, 9.17) is 4.74 Å². The van der Waals surface area contributed by atoms with Gasteiger partial charge in [0.15, 0.2) is 0 Å². The van der Waals surface area contributed by atoms with Gasteiger partial charge in [0, 0.05) is 19.6 Å². The smallest absolute Gasteiger partial charge is 0.325 e. The van der Waals surface area contributed by atoms with Crippen LogP contribution in [0.5, 0.6) is 0 Å². The molecule has 0 unspecified atom stereocenters. The normalized spacial score (nSPS) is 16.3. The van der Waals surface area contributed by atoms with Crippen LogP contribution in [0, 0.1) is 5.92 Å². The van der Waals surface area contributed by atoms with E-state index in [2.05, 4.69) is 10.1 Å². The van der Waals surface area contributed by atoms with Crippen molar-refractivity contribution in [3.8, 4) is 0 Å². The lowest BCUT2D eigenvalue weighted by molar-refractivity contribution is -0.149. The molecular formula is C12H22N2O4. The maximum atomic E-state index is 12.3. The summed E-state index contributed by atoms with van der Waals surface area (Å²) in [6, 6.07) is 0. The van der Waals surface area contributed by atoms with Crippen LogP contribution in [-0.2, 0) is 19.1 Å². The quantitative estimate of drug-likeness (QED) is 0.659. The molecule has 18 heavy (non-hydrogen) atoms. The van der Waals surface area contributed by atoms with Crippen LogP contribution in [-0.4, -0.2) is 63.8 Å². The fraction of sp³-hybridized carbons (Fsp3) is 0.833. The molecule has 0 aromatic carbocycles. The van der Waals surface area contributed by atoms with E-state index in [0.717, 1.165) is 25.9 Å². The molecule has 0 aromatic rings. The van der Waals surface area contributed by atoms with Crippen molar-refractivity contribution >= 4 is 11.9 Å². The molecule has 1 amide bonds. The monoisotopic (exact) mass is 258 g/mol. The number of carbonyl (C=O) groups excluding carboxylic acids is 2. The molecule has 1 aliphatic rings. The average molecular weight is 258 g/mol. The molecule has 1 aliphatic heterocycles. The summed E-state index contributed by atoms with van der Waals surface area (Å²) >= 11 is 0. The molecule has 6 nitrogen and oxygen atoms in total. The summed E-state index contributed by atoms with van der Waals surface area (Å²) in [6.45, 7) is 2.56. The van der Waals surface area contributed by atoms with E-state index < -0.39 is 5.97 Å². The van der Waals surface area contributed by atoms with Gasteiger partial charge >= 0.3 is 5.97 Å². The van der Waals surface area contributed by atoms with Gasteiger partial charge in [-0.1, -0.05) is 0 Å². The highest BCUT2D eigenvalue weighted by Crippen LogP contribution is 2.15. The minimum atomic E-state index is -0.395. The number of hydrogen-bond donors (Lipinski definition) is 1. The van der Waals surface area contributed by atoms with Gasteiger partial charge in [0.1, 0.15) is 6.54 Å². The summed E-state index contributed by atoms with van der Waals surface area (Å²) in [5.74, 6) is -0.361. The zero-order valence-corrected chi connectivity index (χ0v) is 11.1. The molecular weight excluding hydrogens is 236 g/mol. The Hall–Kier alpha value is -1.14. The predicted octanol–water partition coefficient (Wildman–Crippen LogP) is -0.366. The number of piperidine rings is 1. The van der Waals surface area contributed by atoms with Crippen LogP contribution in [0.4, 0.5) is 0 Å². The van der Waals surface area contributed by atoms with Crippen LogP contribution in [0.25, 0.3) is 0 Å². The van der Waals surface area contributed by atoms with Crippen molar-refractivity contribution in [2.75, 3.05) is 47.0 Å².